The third kappa shape index (κ3) is 5.56. The van der Waals surface area contributed by atoms with Crippen molar-refractivity contribution >= 4 is 23.6 Å². The van der Waals surface area contributed by atoms with Gasteiger partial charge in [0.05, 0.1) is 5.69 Å². The van der Waals surface area contributed by atoms with Crippen LogP contribution in [0.1, 0.15) is 33.3 Å². The Balaban J connectivity index is 2.87. The quantitative estimate of drug-likeness (QED) is 0.656. The summed E-state index contributed by atoms with van der Waals surface area (Å²) < 4.78 is 5.10. The van der Waals surface area contributed by atoms with E-state index in [1.54, 1.807) is 39.0 Å². The zero-order valence-corrected chi connectivity index (χ0v) is 12.1. The highest BCUT2D eigenvalue weighted by Gasteiger charge is 2.17. The largest absolute Gasteiger partial charge is 0.506 e. The summed E-state index contributed by atoms with van der Waals surface area (Å²) in [7, 11) is 0. The molecule has 0 aromatic heterocycles. The summed E-state index contributed by atoms with van der Waals surface area (Å²) in [6.45, 7) is 6.69. The van der Waals surface area contributed by atoms with Crippen molar-refractivity contribution in [2.45, 2.75) is 33.3 Å². The highest BCUT2D eigenvalue weighted by Crippen LogP contribution is 2.25. The predicted octanol–water partition coefficient (Wildman–Crippen LogP) is 3.34. The minimum atomic E-state index is -0.652. The number of nitrogens with one attached hydrogen (secondary N) is 1. The minimum absolute atomic E-state index is 0.0733. The van der Waals surface area contributed by atoms with Crippen LogP contribution in [0.4, 0.5) is 10.5 Å². The van der Waals surface area contributed by atoms with Crippen molar-refractivity contribution in [2.24, 2.45) is 0 Å². The molecule has 1 aromatic carbocycles. The maximum atomic E-state index is 11.6. The van der Waals surface area contributed by atoms with Gasteiger partial charge in [-0.3, -0.25) is 10.1 Å². The molecule has 0 saturated carbocycles. The molecule has 0 aliphatic heterocycles. The third-order valence-corrected chi connectivity index (χ3v) is 2.17. The molecule has 1 amide bonds. The molecule has 2 N–H and O–H groups in total. The summed E-state index contributed by atoms with van der Waals surface area (Å²) in [5, 5.41) is 12.2. The van der Waals surface area contributed by atoms with E-state index in [4.69, 9.17) is 4.74 Å². The van der Waals surface area contributed by atoms with Gasteiger partial charge in [-0.05, 0) is 51.5 Å². The molecule has 0 fully saturated rings. The lowest BCUT2D eigenvalue weighted by atomic mass is 10.1. The highest BCUT2D eigenvalue weighted by molar-refractivity contribution is 5.92. The number of ketones is 1. The molecule has 5 heteroatoms. The van der Waals surface area contributed by atoms with E-state index in [-0.39, 0.29) is 17.2 Å². The molecule has 0 atom stereocenters. The Kier molecular flexibility index (Phi) is 4.91. The maximum Gasteiger partial charge on any atom is 0.412 e. The van der Waals surface area contributed by atoms with E-state index in [0.29, 0.717) is 5.56 Å². The van der Waals surface area contributed by atoms with Gasteiger partial charge in [-0.2, -0.15) is 0 Å². The minimum Gasteiger partial charge on any atom is -0.506 e. The van der Waals surface area contributed by atoms with Gasteiger partial charge in [-0.25, -0.2) is 4.79 Å². The molecular weight excluding hydrogens is 258 g/mol. The molecule has 20 heavy (non-hydrogen) atoms. The van der Waals surface area contributed by atoms with Gasteiger partial charge in [0, 0.05) is 0 Å². The van der Waals surface area contributed by atoms with Crippen LogP contribution in [0.25, 0.3) is 6.08 Å². The van der Waals surface area contributed by atoms with Crippen LogP contribution in [0.2, 0.25) is 0 Å². The fourth-order valence-electron chi connectivity index (χ4n) is 1.38. The van der Waals surface area contributed by atoms with Crippen LogP contribution in [0.5, 0.6) is 5.75 Å². The lowest BCUT2D eigenvalue weighted by molar-refractivity contribution is -0.112. The van der Waals surface area contributed by atoms with Gasteiger partial charge in [0.15, 0.2) is 5.78 Å². The number of amides is 1. The fraction of sp³-hybridized carbons (Fsp3) is 0.333. The van der Waals surface area contributed by atoms with Gasteiger partial charge >= 0.3 is 6.09 Å². The number of hydrogen-bond acceptors (Lipinski definition) is 4. The Labute approximate surface area is 118 Å². The van der Waals surface area contributed by atoms with Crippen molar-refractivity contribution in [1.29, 1.82) is 0 Å². The second-order valence-corrected chi connectivity index (χ2v) is 5.35. The molecule has 0 radical (unpaired) electrons. The molecule has 0 saturated heterocycles. The Morgan fingerprint density at radius 3 is 2.50 bits per heavy atom. The molecule has 1 rings (SSSR count). The lowest BCUT2D eigenvalue weighted by Gasteiger charge is -2.20. The van der Waals surface area contributed by atoms with E-state index in [2.05, 4.69) is 5.32 Å². The summed E-state index contributed by atoms with van der Waals surface area (Å²) in [6, 6.07) is 4.63. The monoisotopic (exact) mass is 277 g/mol. The second kappa shape index (κ2) is 6.23. The van der Waals surface area contributed by atoms with Crippen molar-refractivity contribution in [2.75, 3.05) is 5.32 Å². The van der Waals surface area contributed by atoms with Crippen molar-refractivity contribution in [1.82, 2.24) is 0 Å². The van der Waals surface area contributed by atoms with Crippen LogP contribution < -0.4 is 5.32 Å². The number of benzene rings is 1. The molecule has 0 heterocycles. The smallest absolute Gasteiger partial charge is 0.412 e. The third-order valence-electron chi connectivity index (χ3n) is 2.17. The number of ether oxygens (including phenoxy) is 1. The first-order valence-corrected chi connectivity index (χ1v) is 6.19. The summed E-state index contributed by atoms with van der Waals surface area (Å²) in [4.78, 5) is 22.5. The van der Waals surface area contributed by atoms with Crippen LogP contribution in [0.3, 0.4) is 0 Å². The van der Waals surface area contributed by atoms with E-state index in [9.17, 15) is 14.7 Å². The molecule has 1 aromatic rings. The predicted molar refractivity (Wildman–Crippen MR) is 77.7 cm³/mol. The van der Waals surface area contributed by atoms with Crippen molar-refractivity contribution in [3.05, 3.63) is 29.8 Å². The summed E-state index contributed by atoms with van der Waals surface area (Å²) in [5.41, 5.74) is 0.292. The number of aromatic hydroxyl groups is 1. The Hall–Kier alpha value is -2.30. The first kappa shape index (κ1) is 15.8. The van der Waals surface area contributed by atoms with E-state index < -0.39 is 11.7 Å². The normalized spacial score (nSPS) is 11.4. The van der Waals surface area contributed by atoms with Crippen molar-refractivity contribution in [3.63, 3.8) is 0 Å². The molecule has 5 nitrogen and oxygen atoms in total. The van der Waals surface area contributed by atoms with Gasteiger partial charge < -0.3 is 9.84 Å². The van der Waals surface area contributed by atoms with Crippen LogP contribution >= 0.6 is 0 Å². The van der Waals surface area contributed by atoms with E-state index in [0.717, 1.165) is 0 Å². The highest BCUT2D eigenvalue weighted by atomic mass is 16.6. The second-order valence-electron chi connectivity index (χ2n) is 5.35. The van der Waals surface area contributed by atoms with Gasteiger partial charge in [-0.15, -0.1) is 0 Å². The van der Waals surface area contributed by atoms with E-state index in [1.165, 1.54) is 19.1 Å². The number of carbonyl (C=O) groups is 2. The Morgan fingerprint density at radius 2 is 1.95 bits per heavy atom. The summed E-state index contributed by atoms with van der Waals surface area (Å²) >= 11 is 0. The van der Waals surface area contributed by atoms with E-state index in [1.807, 2.05) is 0 Å². The van der Waals surface area contributed by atoms with Crippen LogP contribution in [-0.2, 0) is 9.53 Å². The molecule has 108 valence electrons. The standard InChI is InChI=1S/C15H19NO4/c1-10(17)5-6-11-7-8-13(18)12(9-11)16-14(19)20-15(2,3)4/h5-9,18H,1-4H3,(H,16,19)/b6-5+. The van der Waals surface area contributed by atoms with Crippen LogP contribution in [-0.4, -0.2) is 22.6 Å². The number of phenolic OH excluding ortho intramolecular Hbond substituents is 1. The molecule has 0 aliphatic carbocycles. The number of rotatable bonds is 3. The summed E-state index contributed by atoms with van der Waals surface area (Å²) in [5.74, 6) is -0.157. The van der Waals surface area contributed by atoms with Crippen LogP contribution in [0.15, 0.2) is 24.3 Å². The molecule has 0 spiro atoms. The zero-order chi connectivity index (χ0) is 15.3. The lowest BCUT2D eigenvalue weighted by Crippen LogP contribution is -2.27. The average Bonchev–Trinajstić information content (AvgIpc) is 2.27. The van der Waals surface area contributed by atoms with Gasteiger partial charge in [-0.1, -0.05) is 12.1 Å². The average molecular weight is 277 g/mol. The van der Waals surface area contributed by atoms with Crippen molar-refractivity contribution < 1.29 is 19.4 Å². The molecule has 0 bridgehead atoms. The molecule has 0 aliphatic rings. The first-order valence-electron chi connectivity index (χ1n) is 6.19. The number of hydrogen-bond donors (Lipinski definition) is 2. The number of carbonyl (C=O) groups excluding carboxylic acids is 2. The Morgan fingerprint density at radius 1 is 1.30 bits per heavy atom. The number of anilines is 1. The topological polar surface area (TPSA) is 75.6 Å². The fourth-order valence-corrected chi connectivity index (χ4v) is 1.38. The maximum absolute atomic E-state index is 11.6. The molecular formula is C15H19NO4. The number of allylic oxidation sites excluding steroid dienone is 1. The number of phenols is 1. The zero-order valence-electron chi connectivity index (χ0n) is 12.1. The first-order chi connectivity index (χ1) is 9.17. The summed E-state index contributed by atoms with van der Waals surface area (Å²) in [6.07, 6.45) is 2.35. The van der Waals surface area contributed by atoms with E-state index >= 15 is 0 Å². The van der Waals surface area contributed by atoms with Crippen LogP contribution in [0, 0.1) is 0 Å². The SMILES string of the molecule is CC(=O)/C=C/c1ccc(O)c(NC(=O)OC(C)(C)C)c1. The Bertz CT molecular complexity index is 541. The van der Waals surface area contributed by atoms with Gasteiger partial charge in [0.1, 0.15) is 11.4 Å². The molecule has 0 unspecified atom stereocenters. The van der Waals surface area contributed by atoms with Gasteiger partial charge in [0.25, 0.3) is 0 Å². The van der Waals surface area contributed by atoms with Gasteiger partial charge in [0.2, 0.25) is 0 Å². The van der Waals surface area contributed by atoms with Crippen molar-refractivity contribution in [3.8, 4) is 5.75 Å².